The monoisotopic (exact) mass is 361 g/mol. The topological polar surface area (TPSA) is 64.0 Å². The minimum Gasteiger partial charge on any atom is -0.284 e. The smallest absolute Gasteiger partial charge is 0.232 e. The molecule has 132 valence electrons. The third-order valence-electron chi connectivity index (χ3n) is 3.93. The highest BCUT2D eigenvalue weighted by Gasteiger charge is 2.11. The summed E-state index contributed by atoms with van der Waals surface area (Å²) in [6.45, 7) is 2.47. The fourth-order valence-electron chi connectivity index (χ4n) is 2.60. The molecule has 0 spiro atoms. The van der Waals surface area contributed by atoms with Crippen molar-refractivity contribution in [3.05, 3.63) is 60.0 Å². The number of halogens is 1. The van der Waals surface area contributed by atoms with Crippen LogP contribution in [0.5, 0.6) is 0 Å². The second kappa shape index (κ2) is 7.23. The van der Waals surface area contributed by atoms with Crippen molar-refractivity contribution in [1.29, 1.82) is 0 Å². The first-order valence-electron chi connectivity index (χ1n) is 8.17. The maximum Gasteiger partial charge on any atom is 0.232 e. The third-order valence-corrected chi connectivity index (χ3v) is 5.30. The van der Waals surface area contributed by atoms with Crippen molar-refractivity contribution in [3.63, 3.8) is 0 Å². The molecule has 0 unspecified atom stereocenters. The van der Waals surface area contributed by atoms with E-state index in [1.807, 2.05) is 13.0 Å². The molecule has 5 nitrogen and oxygen atoms in total. The molecule has 3 aromatic rings. The number of nitrogens with zero attached hydrogens (tertiary/aromatic N) is 2. The normalized spacial score (nSPS) is 11.8. The van der Waals surface area contributed by atoms with Gasteiger partial charge < -0.3 is 0 Å². The zero-order chi connectivity index (χ0) is 17.9. The van der Waals surface area contributed by atoms with Crippen LogP contribution in [0, 0.1) is 5.82 Å². The molecule has 25 heavy (non-hydrogen) atoms. The summed E-state index contributed by atoms with van der Waals surface area (Å²) in [6, 6.07) is 11.6. The van der Waals surface area contributed by atoms with E-state index in [1.54, 1.807) is 35.1 Å². The molecule has 0 atom stereocenters. The second-order valence-electron chi connectivity index (χ2n) is 5.98. The SMILES string of the molecule is CCCCS(=O)(=O)Nc1ccc2c(cnn2Cc2ccc(F)cc2)c1. The van der Waals surface area contributed by atoms with Gasteiger partial charge in [0.05, 0.1) is 24.0 Å². The lowest BCUT2D eigenvalue weighted by Gasteiger charge is -2.08. The van der Waals surface area contributed by atoms with E-state index in [1.165, 1.54) is 12.1 Å². The van der Waals surface area contributed by atoms with Crippen LogP contribution in [0.4, 0.5) is 10.1 Å². The van der Waals surface area contributed by atoms with Gasteiger partial charge in [-0.1, -0.05) is 25.5 Å². The van der Waals surface area contributed by atoms with Crippen LogP contribution in [0.3, 0.4) is 0 Å². The number of anilines is 1. The largest absolute Gasteiger partial charge is 0.284 e. The summed E-state index contributed by atoms with van der Waals surface area (Å²) in [4.78, 5) is 0. The van der Waals surface area contributed by atoms with Gasteiger partial charge in [-0.2, -0.15) is 5.10 Å². The fraction of sp³-hybridized carbons (Fsp3) is 0.278. The summed E-state index contributed by atoms with van der Waals surface area (Å²) >= 11 is 0. The number of hydrogen-bond acceptors (Lipinski definition) is 3. The van der Waals surface area contributed by atoms with Gasteiger partial charge in [-0.05, 0) is 42.3 Å². The Hall–Kier alpha value is -2.41. The number of fused-ring (bicyclic) bond motifs is 1. The molecule has 0 amide bonds. The molecule has 1 aromatic heterocycles. The van der Waals surface area contributed by atoms with Gasteiger partial charge in [0.1, 0.15) is 5.82 Å². The van der Waals surface area contributed by atoms with Crippen molar-refractivity contribution in [2.75, 3.05) is 10.5 Å². The lowest BCUT2D eigenvalue weighted by atomic mass is 10.2. The molecule has 0 saturated heterocycles. The van der Waals surface area contributed by atoms with E-state index >= 15 is 0 Å². The van der Waals surface area contributed by atoms with Gasteiger partial charge >= 0.3 is 0 Å². The zero-order valence-corrected chi connectivity index (χ0v) is 14.8. The summed E-state index contributed by atoms with van der Waals surface area (Å²) in [5.41, 5.74) is 2.36. The number of aromatic nitrogens is 2. The van der Waals surface area contributed by atoms with Gasteiger partial charge in [0, 0.05) is 11.1 Å². The van der Waals surface area contributed by atoms with Gasteiger partial charge in [0.2, 0.25) is 10.0 Å². The molecule has 1 N–H and O–H groups in total. The van der Waals surface area contributed by atoms with Crippen LogP contribution >= 0.6 is 0 Å². The van der Waals surface area contributed by atoms with E-state index in [0.717, 1.165) is 22.9 Å². The van der Waals surface area contributed by atoms with E-state index in [-0.39, 0.29) is 11.6 Å². The van der Waals surface area contributed by atoms with Crippen molar-refractivity contribution in [2.45, 2.75) is 26.3 Å². The first kappa shape index (κ1) is 17.4. The molecule has 0 aliphatic carbocycles. The molecule has 0 fully saturated rings. The van der Waals surface area contributed by atoms with Crippen molar-refractivity contribution < 1.29 is 12.8 Å². The number of sulfonamides is 1. The Morgan fingerprint density at radius 3 is 2.64 bits per heavy atom. The van der Waals surface area contributed by atoms with Gasteiger partial charge in [-0.25, -0.2) is 12.8 Å². The van der Waals surface area contributed by atoms with Crippen molar-refractivity contribution >= 4 is 26.6 Å². The first-order chi connectivity index (χ1) is 12.0. The highest BCUT2D eigenvalue weighted by atomic mass is 32.2. The van der Waals surface area contributed by atoms with Crippen LogP contribution in [0.25, 0.3) is 10.9 Å². The van der Waals surface area contributed by atoms with E-state index in [0.29, 0.717) is 18.7 Å². The molecule has 0 bridgehead atoms. The maximum atomic E-state index is 13.0. The summed E-state index contributed by atoms with van der Waals surface area (Å²) < 4.78 is 41.4. The van der Waals surface area contributed by atoms with Crippen LogP contribution in [-0.4, -0.2) is 24.0 Å². The molecular formula is C18H20FN3O2S. The van der Waals surface area contributed by atoms with E-state index < -0.39 is 10.0 Å². The molecule has 7 heteroatoms. The minimum absolute atomic E-state index is 0.116. The standard InChI is InChI=1S/C18H20FN3O2S/c1-2-3-10-25(23,24)21-17-8-9-18-15(11-17)12-20-22(18)13-14-4-6-16(19)7-5-14/h4-9,11-12,21H,2-3,10,13H2,1H3. The van der Waals surface area contributed by atoms with Crippen LogP contribution in [0.1, 0.15) is 25.3 Å². The molecule has 3 rings (SSSR count). The number of unbranched alkanes of at least 4 members (excludes halogenated alkanes) is 1. The Kier molecular flexibility index (Phi) is 5.03. The predicted octanol–water partition coefficient (Wildman–Crippen LogP) is 3.77. The third kappa shape index (κ3) is 4.36. The Morgan fingerprint density at radius 1 is 1.16 bits per heavy atom. The van der Waals surface area contributed by atoms with Gasteiger partial charge in [0.25, 0.3) is 0 Å². The van der Waals surface area contributed by atoms with Crippen LogP contribution in [-0.2, 0) is 16.6 Å². The summed E-state index contributed by atoms with van der Waals surface area (Å²) in [7, 11) is -3.32. The average molecular weight is 361 g/mol. The van der Waals surface area contributed by atoms with Crippen LogP contribution in [0.15, 0.2) is 48.7 Å². The summed E-state index contributed by atoms with van der Waals surface area (Å²) in [6.07, 6.45) is 3.16. The first-order valence-corrected chi connectivity index (χ1v) is 9.82. The quantitative estimate of drug-likeness (QED) is 0.697. The predicted molar refractivity (Wildman–Crippen MR) is 97.6 cm³/mol. The molecule has 0 saturated carbocycles. The van der Waals surface area contributed by atoms with Gasteiger partial charge in [-0.3, -0.25) is 9.40 Å². The van der Waals surface area contributed by atoms with Crippen molar-refractivity contribution in [1.82, 2.24) is 9.78 Å². The van der Waals surface area contributed by atoms with Gasteiger partial charge in [0.15, 0.2) is 0 Å². The molecule has 1 heterocycles. The highest BCUT2D eigenvalue weighted by Crippen LogP contribution is 2.21. The molecule has 0 aliphatic heterocycles. The Balaban J connectivity index is 1.80. The number of rotatable bonds is 7. The lowest BCUT2D eigenvalue weighted by molar-refractivity contribution is 0.598. The second-order valence-corrected chi connectivity index (χ2v) is 7.82. The fourth-order valence-corrected chi connectivity index (χ4v) is 3.86. The lowest BCUT2D eigenvalue weighted by Crippen LogP contribution is -2.16. The van der Waals surface area contributed by atoms with E-state index in [4.69, 9.17) is 0 Å². The maximum absolute atomic E-state index is 13.0. The Labute approximate surface area is 146 Å². The highest BCUT2D eigenvalue weighted by molar-refractivity contribution is 7.92. The average Bonchev–Trinajstić information content (AvgIpc) is 2.97. The summed E-state index contributed by atoms with van der Waals surface area (Å²) in [5, 5.41) is 5.19. The number of hydrogen-bond donors (Lipinski definition) is 1. The Morgan fingerprint density at radius 2 is 1.92 bits per heavy atom. The van der Waals surface area contributed by atoms with Crippen LogP contribution in [0.2, 0.25) is 0 Å². The number of benzene rings is 2. The van der Waals surface area contributed by atoms with Gasteiger partial charge in [-0.15, -0.1) is 0 Å². The minimum atomic E-state index is -3.32. The van der Waals surface area contributed by atoms with Crippen molar-refractivity contribution in [3.8, 4) is 0 Å². The molecule has 0 aliphatic rings. The number of nitrogens with one attached hydrogen (secondary N) is 1. The molecular weight excluding hydrogens is 341 g/mol. The molecule has 0 radical (unpaired) electrons. The van der Waals surface area contributed by atoms with E-state index in [9.17, 15) is 12.8 Å². The van der Waals surface area contributed by atoms with Crippen LogP contribution < -0.4 is 4.72 Å². The zero-order valence-electron chi connectivity index (χ0n) is 13.9. The summed E-state index contributed by atoms with van der Waals surface area (Å²) in [5.74, 6) is -0.153. The van der Waals surface area contributed by atoms with Crippen molar-refractivity contribution in [2.24, 2.45) is 0 Å². The Bertz CT molecular complexity index is 966. The molecule has 2 aromatic carbocycles. The van der Waals surface area contributed by atoms with E-state index in [2.05, 4.69) is 9.82 Å².